The van der Waals surface area contributed by atoms with Gasteiger partial charge in [-0.25, -0.2) is 18.0 Å². The molecule has 2 rings (SSSR count). The van der Waals surface area contributed by atoms with Gasteiger partial charge in [0, 0.05) is 5.69 Å². The van der Waals surface area contributed by atoms with Gasteiger partial charge in [0.15, 0.2) is 0 Å². The average Bonchev–Trinajstić information content (AvgIpc) is 2.75. The molecule has 0 radical (unpaired) electrons. The normalized spacial score (nSPS) is 11.9. The van der Waals surface area contributed by atoms with Gasteiger partial charge < -0.3 is 14.8 Å². The highest BCUT2D eigenvalue weighted by Crippen LogP contribution is 2.24. The summed E-state index contributed by atoms with van der Waals surface area (Å²) in [5, 5.41) is 2.59. The summed E-state index contributed by atoms with van der Waals surface area (Å²) >= 11 is 0. The van der Waals surface area contributed by atoms with Crippen LogP contribution >= 0.6 is 0 Å². The van der Waals surface area contributed by atoms with Crippen molar-refractivity contribution in [2.24, 2.45) is 0 Å². The van der Waals surface area contributed by atoms with Crippen LogP contribution in [0.2, 0.25) is 0 Å². The van der Waals surface area contributed by atoms with Crippen LogP contribution in [0.5, 0.6) is 0 Å². The zero-order valence-corrected chi connectivity index (χ0v) is 18.4. The zero-order valence-electron chi connectivity index (χ0n) is 17.6. The minimum atomic E-state index is -3.79. The molecule has 0 aliphatic rings. The number of nitrogens with one attached hydrogen (secondary N) is 1. The van der Waals surface area contributed by atoms with E-state index in [1.165, 1.54) is 32.4 Å². The Morgan fingerprint density at radius 3 is 1.90 bits per heavy atom. The number of benzene rings is 2. The van der Waals surface area contributed by atoms with Gasteiger partial charge in [-0.2, -0.15) is 0 Å². The predicted molar refractivity (Wildman–Crippen MR) is 116 cm³/mol. The average molecular weight is 448 g/mol. The molecule has 0 heterocycles. The number of para-hydroxylation sites is 1. The Morgan fingerprint density at radius 2 is 1.48 bits per heavy atom. The van der Waals surface area contributed by atoms with E-state index in [2.05, 4.69) is 14.8 Å². The highest BCUT2D eigenvalue weighted by molar-refractivity contribution is 7.92. The SMILES string of the molecule is CCC(C(=O)Nc1cc(C(=O)OC)cc(C(=O)OC)c1)N(c1ccccc1)S(C)(=O)=O. The van der Waals surface area contributed by atoms with Crippen LogP contribution in [-0.4, -0.2) is 52.8 Å². The first-order valence-electron chi connectivity index (χ1n) is 9.29. The molecule has 2 aromatic carbocycles. The molecule has 166 valence electrons. The van der Waals surface area contributed by atoms with E-state index in [0.717, 1.165) is 10.6 Å². The molecule has 1 N–H and O–H groups in total. The molecular weight excluding hydrogens is 424 g/mol. The van der Waals surface area contributed by atoms with Crippen LogP contribution in [0.15, 0.2) is 48.5 Å². The number of hydrogen-bond acceptors (Lipinski definition) is 7. The maximum absolute atomic E-state index is 13.1. The second-order valence-corrected chi connectivity index (χ2v) is 8.45. The molecule has 0 saturated carbocycles. The van der Waals surface area contributed by atoms with E-state index in [9.17, 15) is 22.8 Å². The van der Waals surface area contributed by atoms with Gasteiger partial charge in [-0.3, -0.25) is 9.10 Å². The van der Waals surface area contributed by atoms with Crippen molar-refractivity contribution in [1.82, 2.24) is 0 Å². The fourth-order valence-electron chi connectivity index (χ4n) is 3.03. The lowest BCUT2D eigenvalue weighted by atomic mass is 10.1. The van der Waals surface area contributed by atoms with Gasteiger partial charge in [0.25, 0.3) is 0 Å². The molecule has 31 heavy (non-hydrogen) atoms. The zero-order chi connectivity index (χ0) is 23.2. The summed E-state index contributed by atoms with van der Waals surface area (Å²) in [6, 6.07) is 11.1. The second-order valence-electron chi connectivity index (χ2n) is 6.59. The van der Waals surface area contributed by atoms with Crippen LogP contribution in [-0.2, 0) is 24.3 Å². The van der Waals surface area contributed by atoms with Gasteiger partial charge >= 0.3 is 11.9 Å². The third kappa shape index (κ3) is 5.82. The Hall–Kier alpha value is -3.40. The van der Waals surface area contributed by atoms with Crippen molar-refractivity contribution in [2.45, 2.75) is 19.4 Å². The third-order valence-electron chi connectivity index (χ3n) is 4.38. The maximum atomic E-state index is 13.1. The summed E-state index contributed by atoms with van der Waals surface area (Å²) < 4.78 is 35.4. The smallest absolute Gasteiger partial charge is 0.337 e. The van der Waals surface area contributed by atoms with Crippen molar-refractivity contribution >= 4 is 39.2 Å². The van der Waals surface area contributed by atoms with E-state index in [0.29, 0.717) is 5.69 Å². The van der Waals surface area contributed by atoms with Crippen molar-refractivity contribution in [3.63, 3.8) is 0 Å². The van der Waals surface area contributed by atoms with Crippen LogP contribution < -0.4 is 9.62 Å². The Labute approximate surface area is 181 Å². The first-order chi connectivity index (χ1) is 14.6. The standard InChI is InChI=1S/C21H24N2O7S/c1-5-18(23(31(4,27)28)17-9-7-6-8-10-17)19(24)22-16-12-14(20(25)29-2)11-15(13-16)21(26)30-3/h6-13,18H,5H2,1-4H3,(H,22,24). The van der Waals surface area contributed by atoms with E-state index in [1.54, 1.807) is 37.3 Å². The fourth-order valence-corrected chi connectivity index (χ4v) is 4.24. The lowest BCUT2D eigenvalue weighted by Gasteiger charge is -2.30. The molecule has 9 nitrogen and oxygen atoms in total. The first-order valence-corrected chi connectivity index (χ1v) is 11.1. The maximum Gasteiger partial charge on any atom is 0.337 e. The number of hydrogen-bond donors (Lipinski definition) is 1. The summed E-state index contributed by atoms with van der Waals surface area (Å²) in [6.07, 6.45) is 1.19. The number of amides is 1. The van der Waals surface area contributed by atoms with Crippen LogP contribution in [0.25, 0.3) is 0 Å². The molecule has 2 aromatic rings. The summed E-state index contributed by atoms with van der Waals surface area (Å²) in [6.45, 7) is 1.68. The number of esters is 2. The monoisotopic (exact) mass is 448 g/mol. The Morgan fingerprint density at radius 1 is 0.968 bits per heavy atom. The molecule has 0 bridgehead atoms. The Balaban J connectivity index is 2.45. The van der Waals surface area contributed by atoms with Crippen molar-refractivity contribution < 1.29 is 32.3 Å². The largest absolute Gasteiger partial charge is 0.465 e. The van der Waals surface area contributed by atoms with E-state index in [-0.39, 0.29) is 23.2 Å². The molecule has 1 amide bonds. The van der Waals surface area contributed by atoms with Crippen molar-refractivity contribution in [2.75, 3.05) is 30.1 Å². The van der Waals surface area contributed by atoms with Crippen LogP contribution in [0.1, 0.15) is 34.1 Å². The molecule has 0 aliphatic carbocycles. The van der Waals surface area contributed by atoms with Crippen LogP contribution in [0.3, 0.4) is 0 Å². The summed E-state index contributed by atoms with van der Waals surface area (Å²) in [5.74, 6) is -2.06. The van der Waals surface area contributed by atoms with Crippen molar-refractivity contribution in [3.8, 4) is 0 Å². The number of rotatable bonds is 8. The van der Waals surface area contributed by atoms with Gasteiger partial charge in [-0.15, -0.1) is 0 Å². The van der Waals surface area contributed by atoms with E-state index < -0.39 is 33.9 Å². The minimum Gasteiger partial charge on any atom is -0.465 e. The number of carbonyl (C=O) groups is 3. The first kappa shape index (κ1) is 23.9. The number of methoxy groups -OCH3 is 2. The highest BCUT2D eigenvalue weighted by Gasteiger charge is 2.31. The van der Waals surface area contributed by atoms with Gasteiger partial charge in [-0.05, 0) is 36.8 Å². The second kappa shape index (κ2) is 10.1. The van der Waals surface area contributed by atoms with E-state index >= 15 is 0 Å². The number of ether oxygens (including phenoxy) is 2. The lowest BCUT2D eigenvalue weighted by molar-refractivity contribution is -0.117. The van der Waals surface area contributed by atoms with Crippen molar-refractivity contribution in [3.05, 3.63) is 59.7 Å². The molecule has 0 aliphatic heterocycles. The summed E-state index contributed by atoms with van der Waals surface area (Å²) in [5.41, 5.74) is 0.507. The molecule has 0 aromatic heterocycles. The van der Waals surface area contributed by atoms with Crippen molar-refractivity contribution in [1.29, 1.82) is 0 Å². The third-order valence-corrected chi connectivity index (χ3v) is 5.56. The van der Waals surface area contributed by atoms with Crippen LogP contribution in [0.4, 0.5) is 11.4 Å². The molecule has 1 unspecified atom stereocenters. The topological polar surface area (TPSA) is 119 Å². The van der Waals surface area contributed by atoms with Gasteiger partial charge in [0.1, 0.15) is 6.04 Å². The molecule has 1 atom stereocenters. The molecule has 0 saturated heterocycles. The number of anilines is 2. The van der Waals surface area contributed by atoms with Crippen LogP contribution in [0, 0.1) is 0 Å². The Kier molecular flexibility index (Phi) is 7.76. The Bertz CT molecular complexity index is 1030. The number of nitrogens with zero attached hydrogens (tertiary/aromatic N) is 1. The lowest BCUT2D eigenvalue weighted by Crippen LogP contribution is -2.47. The molecular formula is C21H24N2O7S. The van der Waals surface area contributed by atoms with Gasteiger partial charge in [0.2, 0.25) is 15.9 Å². The van der Waals surface area contributed by atoms with Gasteiger partial charge in [-0.1, -0.05) is 25.1 Å². The molecule has 0 fully saturated rings. The fraction of sp³-hybridized carbons (Fsp3) is 0.286. The summed E-state index contributed by atoms with van der Waals surface area (Å²) in [7, 11) is -1.43. The quantitative estimate of drug-likeness (QED) is 0.616. The highest BCUT2D eigenvalue weighted by atomic mass is 32.2. The summed E-state index contributed by atoms with van der Waals surface area (Å²) in [4.78, 5) is 37.0. The number of carbonyl (C=O) groups excluding carboxylic acids is 3. The minimum absolute atomic E-state index is 0.0248. The number of sulfonamides is 1. The van der Waals surface area contributed by atoms with E-state index in [4.69, 9.17) is 0 Å². The van der Waals surface area contributed by atoms with Gasteiger partial charge in [0.05, 0.1) is 37.3 Å². The van der Waals surface area contributed by atoms with E-state index in [1.807, 2.05) is 0 Å². The molecule has 10 heteroatoms. The predicted octanol–water partition coefficient (Wildman–Crippen LogP) is 2.44. The molecule has 0 spiro atoms.